The number of aliphatic hydroxyl groups is 1. The van der Waals surface area contributed by atoms with E-state index in [1.165, 1.54) is 32.4 Å². The van der Waals surface area contributed by atoms with Gasteiger partial charge in [0.1, 0.15) is 0 Å². The van der Waals surface area contributed by atoms with Crippen molar-refractivity contribution in [1.29, 1.82) is 0 Å². The number of hydrogen-bond acceptors (Lipinski definition) is 3. The van der Waals surface area contributed by atoms with Crippen LogP contribution in [0.2, 0.25) is 0 Å². The Morgan fingerprint density at radius 2 is 1.94 bits per heavy atom. The molecule has 0 aromatic carbocycles. The van der Waals surface area contributed by atoms with E-state index in [1.807, 2.05) is 0 Å². The Balaban J connectivity index is 1.93. The minimum Gasteiger partial charge on any atom is -0.396 e. The summed E-state index contributed by atoms with van der Waals surface area (Å²) in [5.74, 6) is 0. The van der Waals surface area contributed by atoms with Gasteiger partial charge in [-0.1, -0.05) is 13.8 Å². The van der Waals surface area contributed by atoms with Crippen molar-refractivity contribution >= 4 is 0 Å². The van der Waals surface area contributed by atoms with Gasteiger partial charge in [-0.2, -0.15) is 0 Å². The van der Waals surface area contributed by atoms with Crippen molar-refractivity contribution < 1.29 is 9.84 Å². The molecule has 2 heterocycles. The molecule has 1 N–H and O–H groups in total. The van der Waals surface area contributed by atoms with Crippen LogP contribution in [0.1, 0.15) is 46.0 Å². The number of nitrogens with zero attached hydrogens (tertiary/aromatic N) is 1. The molecule has 2 fully saturated rings. The smallest absolute Gasteiger partial charge is 0.0556 e. The highest BCUT2D eigenvalue weighted by Crippen LogP contribution is 2.39. The van der Waals surface area contributed by atoms with Crippen molar-refractivity contribution in [3.63, 3.8) is 0 Å². The Hall–Kier alpha value is -0.120. The average Bonchev–Trinajstić information content (AvgIpc) is 2.84. The molecule has 0 aliphatic carbocycles. The van der Waals surface area contributed by atoms with Gasteiger partial charge in [-0.15, -0.1) is 0 Å². The normalized spacial score (nSPS) is 32.8. The van der Waals surface area contributed by atoms with Gasteiger partial charge in [0.05, 0.1) is 13.2 Å². The molecular formula is C15H29NO2. The van der Waals surface area contributed by atoms with Crippen molar-refractivity contribution in [2.75, 3.05) is 39.5 Å². The quantitative estimate of drug-likeness (QED) is 0.818. The van der Waals surface area contributed by atoms with Gasteiger partial charge in [-0.05, 0) is 44.1 Å². The van der Waals surface area contributed by atoms with Crippen LogP contribution >= 0.6 is 0 Å². The number of likely N-dealkylation sites (tertiary alicyclic amines) is 1. The standard InChI is InChI=1S/C15H29NO2/c1-3-14(4-2)7-8-16(10-14)11-15(12-17)6-5-9-18-13-15/h17H,3-13H2,1-2H3. The van der Waals surface area contributed by atoms with Crippen molar-refractivity contribution in [1.82, 2.24) is 4.90 Å². The van der Waals surface area contributed by atoms with Crippen LogP contribution in [0.5, 0.6) is 0 Å². The van der Waals surface area contributed by atoms with Crippen molar-refractivity contribution in [2.45, 2.75) is 46.0 Å². The molecule has 0 aromatic rings. The highest BCUT2D eigenvalue weighted by atomic mass is 16.5. The monoisotopic (exact) mass is 255 g/mol. The molecule has 2 aliphatic rings. The van der Waals surface area contributed by atoms with Crippen LogP contribution in [0, 0.1) is 10.8 Å². The molecule has 0 aromatic heterocycles. The maximum atomic E-state index is 9.74. The molecule has 1 unspecified atom stereocenters. The van der Waals surface area contributed by atoms with Crippen molar-refractivity contribution in [3.05, 3.63) is 0 Å². The fraction of sp³-hybridized carbons (Fsp3) is 1.00. The second-order valence-corrected chi connectivity index (χ2v) is 6.48. The lowest BCUT2D eigenvalue weighted by molar-refractivity contribution is -0.0537. The van der Waals surface area contributed by atoms with E-state index in [-0.39, 0.29) is 12.0 Å². The summed E-state index contributed by atoms with van der Waals surface area (Å²) in [4.78, 5) is 2.57. The Labute approximate surface area is 112 Å². The highest BCUT2D eigenvalue weighted by molar-refractivity contribution is 4.92. The first-order valence-electron chi connectivity index (χ1n) is 7.58. The maximum absolute atomic E-state index is 9.74. The number of rotatable bonds is 5. The SMILES string of the molecule is CCC1(CC)CCN(CC2(CO)CCCOC2)C1. The molecule has 106 valence electrons. The summed E-state index contributed by atoms with van der Waals surface area (Å²) < 4.78 is 5.60. The van der Waals surface area contributed by atoms with E-state index < -0.39 is 0 Å². The topological polar surface area (TPSA) is 32.7 Å². The van der Waals surface area contributed by atoms with Gasteiger partial charge in [0, 0.05) is 25.1 Å². The second kappa shape index (κ2) is 5.89. The molecule has 0 amide bonds. The minimum absolute atomic E-state index is 0.00973. The second-order valence-electron chi connectivity index (χ2n) is 6.48. The van der Waals surface area contributed by atoms with Crippen LogP contribution in [-0.4, -0.2) is 49.5 Å². The number of aliphatic hydroxyl groups excluding tert-OH is 1. The van der Waals surface area contributed by atoms with Crippen LogP contribution in [0.15, 0.2) is 0 Å². The van der Waals surface area contributed by atoms with Gasteiger partial charge < -0.3 is 14.7 Å². The van der Waals surface area contributed by atoms with E-state index in [2.05, 4.69) is 18.7 Å². The molecule has 0 spiro atoms. The molecule has 0 saturated carbocycles. The van der Waals surface area contributed by atoms with E-state index in [0.717, 1.165) is 32.6 Å². The van der Waals surface area contributed by atoms with Crippen LogP contribution in [0.4, 0.5) is 0 Å². The van der Waals surface area contributed by atoms with Gasteiger partial charge in [0.25, 0.3) is 0 Å². The van der Waals surface area contributed by atoms with Gasteiger partial charge in [-0.25, -0.2) is 0 Å². The Bertz CT molecular complexity index is 257. The van der Waals surface area contributed by atoms with Gasteiger partial charge in [-0.3, -0.25) is 0 Å². The predicted molar refractivity (Wildman–Crippen MR) is 73.6 cm³/mol. The fourth-order valence-electron chi connectivity index (χ4n) is 3.67. The molecular weight excluding hydrogens is 226 g/mol. The zero-order valence-corrected chi connectivity index (χ0v) is 12.1. The summed E-state index contributed by atoms with van der Waals surface area (Å²) in [5, 5.41) is 9.74. The summed E-state index contributed by atoms with van der Waals surface area (Å²) in [5.41, 5.74) is 0.544. The zero-order chi connectivity index (χ0) is 13.1. The summed E-state index contributed by atoms with van der Waals surface area (Å²) >= 11 is 0. The van der Waals surface area contributed by atoms with Crippen molar-refractivity contribution in [3.8, 4) is 0 Å². The third-order valence-electron chi connectivity index (χ3n) is 5.32. The number of ether oxygens (including phenoxy) is 1. The van der Waals surface area contributed by atoms with E-state index in [1.54, 1.807) is 0 Å². The Morgan fingerprint density at radius 1 is 1.17 bits per heavy atom. The summed E-state index contributed by atoms with van der Waals surface area (Å²) in [7, 11) is 0. The zero-order valence-electron chi connectivity index (χ0n) is 12.1. The third-order valence-corrected chi connectivity index (χ3v) is 5.32. The summed E-state index contributed by atoms with van der Waals surface area (Å²) in [6.07, 6.45) is 6.10. The van der Waals surface area contributed by atoms with Crippen LogP contribution in [0.25, 0.3) is 0 Å². The average molecular weight is 255 g/mol. The van der Waals surface area contributed by atoms with Crippen LogP contribution < -0.4 is 0 Å². The molecule has 2 rings (SSSR count). The molecule has 0 bridgehead atoms. The van der Waals surface area contributed by atoms with E-state index in [0.29, 0.717) is 5.41 Å². The highest BCUT2D eigenvalue weighted by Gasteiger charge is 2.40. The van der Waals surface area contributed by atoms with Gasteiger partial charge >= 0.3 is 0 Å². The predicted octanol–water partition coefficient (Wildman–Crippen LogP) is 2.29. The lowest BCUT2D eigenvalue weighted by Gasteiger charge is -2.39. The fourth-order valence-corrected chi connectivity index (χ4v) is 3.67. The first kappa shape index (κ1) is 14.3. The van der Waals surface area contributed by atoms with Gasteiger partial charge in [0.15, 0.2) is 0 Å². The van der Waals surface area contributed by atoms with E-state index in [9.17, 15) is 5.11 Å². The molecule has 1 atom stereocenters. The largest absolute Gasteiger partial charge is 0.396 e. The summed E-state index contributed by atoms with van der Waals surface area (Å²) in [6, 6.07) is 0. The van der Waals surface area contributed by atoms with E-state index in [4.69, 9.17) is 4.74 Å². The molecule has 18 heavy (non-hydrogen) atoms. The minimum atomic E-state index is 0.00973. The third kappa shape index (κ3) is 2.89. The molecule has 2 aliphatic heterocycles. The number of hydrogen-bond donors (Lipinski definition) is 1. The lowest BCUT2D eigenvalue weighted by atomic mass is 9.81. The molecule has 3 heteroatoms. The van der Waals surface area contributed by atoms with Crippen LogP contribution in [-0.2, 0) is 4.74 Å². The van der Waals surface area contributed by atoms with Crippen LogP contribution in [0.3, 0.4) is 0 Å². The first-order valence-corrected chi connectivity index (χ1v) is 7.58. The molecule has 2 saturated heterocycles. The van der Waals surface area contributed by atoms with E-state index >= 15 is 0 Å². The Kier molecular flexibility index (Phi) is 4.68. The summed E-state index contributed by atoms with van der Waals surface area (Å²) in [6.45, 7) is 9.95. The molecule has 3 nitrogen and oxygen atoms in total. The van der Waals surface area contributed by atoms with Crippen molar-refractivity contribution in [2.24, 2.45) is 10.8 Å². The Morgan fingerprint density at radius 3 is 2.44 bits per heavy atom. The van der Waals surface area contributed by atoms with Gasteiger partial charge in [0.2, 0.25) is 0 Å². The molecule has 0 radical (unpaired) electrons. The maximum Gasteiger partial charge on any atom is 0.0556 e. The lowest BCUT2D eigenvalue weighted by Crippen LogP contribution is -2.45. The first-order chi connectivity index (χ1) is 8.67.